The predicted octanol–water partition coefficient (Wildman–Crippen LogP) is 15.2. The van der Waals surface area contributed by atoms with Crippen LogP contribution in [0.4, 0.5) is 0 Å². The average Bonchev–Trinajstić information content (AvgIpc) is 4.01. The topological polar surface area (TPSA) is 137 Å². The second kappa shape index (κ2) is 18.8. The highest BCUT2D eigenvalue weighted by molar-refractivity contribution is 6.12. The van der Waals surface area contributed by atoms with Crippen molar-refractivity contribution >= 4 is 43.6 Å². The van der Waals surface area contributed by atoms with E-state index in [1.807, 2.05) is 153 Å². The summed E-state index contributed by atoms with van der Waals surface area (Å²) >= 11 is 0. The van der Waals surface area contributed by atoms with Crippen LogP contribution in [0.5, 0.6) is 0 Å². The van der Waals surface area contributed by atoms with E-state index in [4.69, 9.17) is 34.9 Å². The van der Waals surface area contributed by atoms with Crippen LogP contribution in [0.15, 0.2) is 224 Å². The van der Waals surface area contributed by atoms with Crippen LogP contribution < -0.4 is 0 Å². The Morgan fingerprint density at radius 3 is 1.03 bits per heavy atom. The number of aromatic nitrogens is 10. The number of nitrogens with zero attached hydrogens (tertiary/aromatic N) is 11. The van der Waals surface area contributed by atoms with Crippen molar-refractivity contribution < 1.29 is 0 Å². The molecule has 0 saturated carbocycles. The highest BCUT2D eigenvalue weighted by Gasteiger charge is 2.25. The highest BCUT2D eigenvalue weighted by atomic mass is 15.1. The van der Waals surface area contributed by atoms with Crippen molar-refractivity contribution in [1.29, 1.82) is 5.26 Å². The summed E-state index contributed by atoms with van der Waals surface area (Å²) < 4.78 is 4.41. The summed E-state index contributed by atoms with van der Waals surface area (Å²) in [5, 5.41) is 16.0. The molecule has 0 aliphatic heterocycles. The third kappa shape index (κ3) is 8.00. The summed E-state index contributed by atoms with van der Waals surface area (Å²) in [7, 11) is 0. The number of fused-ring (bicyclic) bond motifs is 6. The SMILES string of the molecule is Cc1cc(-c2cc(-n3c4ccccc4c4ccc(-c5nc(-c6ccccc6)nc(-c6ccccc6)n5)cc43)c(C#N)c(-n3c4ccccc4c4ccc(-c5nc(-c6ccccc6)nc(-c6ccccc6)n5)cc43)c2)nc(C)n1. The van der Waals surface area contributed by atoms with E-state index in [9.17, 15) is 5.26 Å². The van der Waals surface area contributed by atoms with Crippen molar-refractivity contribution in [2.45, 2.75) is 13.8 Å². The molecule has 366 valence electrons. The number of rotatable bonds is 9. The largest absolute Gasteiger partial charge is 0.308 e. The zero-order valence-electron chi connectivity index (χ0n) is 42.3. The standard InChI is InChI=1S/C67H43N11/c1-41-35-55(70-42(2)69-41)49-38-60(77-56-29-17-15-27-50(56)52-33-31-47(36-58(52)77)66-73-62(43-19-7-3-8-20-43)71-63(74-66)44-21-9-4-10-22-44)54(40-68)61(39-49)78-57-30-18-16-28-51(57)53-34-32-48(37-59(53)78)67-75-64(45-23-11-5-12-24-45)72-65(76-67)46-25-13-6-14-26-46/h3-39H,1-2H3. The molecule has 0 radical (unpaired) electrons. The first-order valence-electron chi connectivity index (χ1n) is 25.6. The Morgan fingerprint density at radius 1 is 0.308 bits per heavy atom. The Kier molecular flexibility index (Phi) is 11.0. The van der Waals surface area contributed by atoms with E-state index in [0.29, 0.717) is 57.7 Å². The van der Waals surface area contributed by atoms with Crippen molar-refractivity contribution in [1.82, 2.24) is 49.0 Å². The molecule has 0 N–H and O–H groups in total. The van der Waals surface area contributed by atoms with Crippen molar-refractivity contribution in [2.24, 2.45) is 0 Å². The molecular weight excluding hydrogens is 959 g/mol. The number of para-hydroxylation sites is 2. The molecule has 5 heterocycles. The van der Waals surface area contributed by atoms with E-state index < -0.39 is 0 Å². The van der Waals surface area contributed by atoms with Crippen LogP contribution in [0.3, 0.4) is 0 Å². The minimum absolute atomic E-state index is 0.457. The summed E-state index contributed by atoms with van der Waals surface area (Å²) in [5.74, 6) is 3.96. The van der Waals surface area contributed by atoms with Crippen LogP contribution in [0.2, 0.25) is 0 Å². The third-order valence-electron chi connectivity index (χ3n) is 14.2. The van der Waals surface area contributed by atoms with E-state index in [1.165, 1.54) is 0 Å². The zero-order valence-corrected chi connectivity index (χ0v) is 42.3. The second-order valence-electron chi connectivity index (χ2n) is 19.2. The Labute approximate surface area is 448 Å². The fourth-order valence-corrected chi connectivity index (χ4v) is 10.7. The third-order valence-corrected chi connectivity index (χ3v) is 14.2. The lowest BCUT2D eigenvalue weighted by Gasteiger charge is -2.18. The molecule has 9 aromatic carbocycles. The van der Waals surface area contributed by atoms with Crippen LogP contribution in [-0.2, 0) is 0 Å². The van der Waals surface area contributed by atoms with Crippen molar-refractivity contribution in [3.8, 4) is 97.0 Å². The number of hydrogen-bond acceptors (Lipinski definition) is 9. The van der Waals surface area contributed by atoms with Gasteiger partial charge >= 0.3 is 0 Å². The Bertz CT molecular complexity index is 4300. The quantitative estimate of drug-likeness (QED) is 0.138. The van der Waals surface area contributed by atoms with Crippen LogP contribution in [0, 0.1) is 25.2 Å². The van der Waals surface area contributed by atoms with Gasteiger partial charge < -0.3 is 9.13 Å². The van der Waals surface area contributed by atoms with Gasteiger partial charge in [-0.1, -0.05) is 182 Å². The van der Waals surface area contributed by atoms with Gasteiger partial charge in [-0.05, 0) is 56.3 Å². The van der Waals surface area contributed by atoms with Gasteiger partial charge in [0.05, 0.1) is 39.1 Å². The lowest BCUT2D eigenvalue weighted by Crippen LogP contribution is -2.06. The summed E-state index contributed by atoms with van der Waals surface area (Å²) in [5.41, 5.74) is 12.9. The van der Waals surface area contributed by atoms with Gasteiger partial charge in [-0.2, -0.15) is 5.26 Å². The summed E-state index contributed by atoms with van der Waals surface area (Å²) in [6.45, 7) is 3.89. The lowest BCUT2D eigenvalue weighted by molar-refractivity contribution is 1.01. The zero-order chi connectivity index (χ0) is 52.3. The molecule has 11 heteroatoms. The molecule has 14 aromatic rings. The molecule has 5 aromatic heterocycles. The van der Waals surface area contributed by atoms with Crippen LogP contribution >= 0.6 is 0 Å². The molecule has 11 nitrogen and oxygen atoms in total. The molecule has 0 saturated heterocycles. The molecule has 0 aliphatic rings. The Balaban J connectivity index is 1.04. The van der Waals surface area contributed by atoms with E-state index in [0.717, 1.165) is 93.9 Å². The van der Waals surface area contributed by atoms with Gasteiger partial charge in [0.25, 0.3) is 0 Å². The first-order valence-corrected chi connectivity index (χ1v) is 25.6. The Hall–Kier alpha value is -10.8. The fourth-order valence-electron chi connectivity index (χ4n) is 10.7. The van der Waals surface area contributed by atoms with Gasteiger partial charge in [0, 0.05) is 66.2 Å². The molecule has 0 unspecified atom stereocenters. The smallest absolute Gasteiger partial charge is 0.164 e. The monoisotopic (exact) mass is 1000 g/mol. The maximum absolute atomic E-state index is 11.9. The normalized spacial score (nSPS) is 11.4. The van der Waals surface area contributed by atoms with E-state index in [2.05, 4.69) is 105 Å². The average molecular weight is 1000 g/mol. The van der Waals surface area contributed by atoms with Crippen LogP contribution in [0.1, 0.15) is 17.1 Å². The van der Waals surface area contributed by atoms with Crippen LogP contribution in [-0.4, -0.2) is 49.0 Å². The van der Waals surface area contributed by atoms with Crippen molar-refractivity contribution in [2.75, 3.05) is 0 Å². The summed E-state index contributed by atoms with van der Waals surface area (Å²) in [6.07, 6.45) is 0. The highest BCUT2D eigenvalue weighted by Crippen LogP contribution is 2.42. The lowest BCUT2D eigenvalue weighted by atomic mass is 10.0. The molecule has 78 heavy (non-hydrogen) atoms. The molecular formula is C67H43N11. The fraction of sp³-hybridized carbons (Fsp3) is 0.0299. The van der Waals surface area contributed by atoms with Gasteiger partial charge in [0.1, 0.15) is 17.5 Å². The molecule has 0 fully saturated rings. The van der Waals surface area contributed by atoms with Crippen molar-refractivity contribution in [3.05, 3.63) is 242 Å². The van der Waals surface area contributed by atoms with Gasteiger partial charge in [-0.3, -0.25) is 0 Å². The minimum atomic E-state index is 0.457. The molecule has 0 spiro atoms. The van der Waals surface area contributed by atoms with Crippen molar-refractivity contribution in [3.63, 3.8) is 0 Å². The molecule has 0 atom stereocenters. The van der Waals surface area contributed by atoms with Gasteiger partial charge in [-0.15, -0.1) is 0 Å². The predicted molar refractivity (Wildman–Crippen MR) is 310 cm³/mol. The Morgan fingerprint density at radius 2 is 0.654 bits per heavy atom. The first kappa shape index (κ1) is 45.8. The van der Waals surface area contributed by atoms with Crippen LogP contribution in [0.25, 0.3) is 135 Å². The summed E-state index contributed by atoms with van der Waals surface area (Å²) in [6, 6.07) is 78.2. The van der Waals surface area contributed by atoms with E-state index in [1.54, 1.807) is 0 Å². The first-order chi connectivity index (χ1) is 38.4. The number of hydrogen-bond donors (Lipinski definition) is 0. The molecule has 0 aliphatic carbocycles. The van der Waals surface area contributed by atoms with Gasteiger partial charge in [0.2, 0.25) is 0 Å². The second-order valence-corrected chi connectivity index (χ2v) is 19.2. The van der Waals surface area contributed by atoms with E-state index in [-0.39, 0.29) is 0 Å². The molecule has 14 rings (SSSR count). The molecule has 0 bridgehead atoms. The maximum atomic E-state index is 11.9. The number of benzene rings is 9. The van der Waals surface area contributed by atoms with E-state index >= 15 is 0 Å². The maximum Gasteiger partial charge on any atom is 0.164 e. The summed E-state index contributed by atoms with van der Waals surface area (Å²) in [4.78, 5) is 40.2. The minimum Gasteiger partial charge on any atom is -0.308 e. The number of nitriles is 1. The van der Waals surface area contributed by atoms with Gasteiger partial charge in [-0.25, -0.2) is 39.9 Å². The van der Waals surface area contributed by atoms with Gasteiger partial charge in [0.15, 0.2) is 34.9 Å². The number of aryl methyl sites for hydroxylation is 2. The molecule has 0 amide bonds.